The number of carbonyl (C=O) groups excluding carboxylic acids is 1. The number of halogens is 1. The van der Waals surface area contributed by atoms with E-state index in [0.29, 0.717) is 11.4 Å². The molecule has 0 aliphatic rings. The largest absolute Gasteiger partial charge is 0.465 e. The molecular weight excluding hydrogens is 226 g/mol. The number of alkyl halides is 1. The maximum atomic E-state index is 11.2. The van der Waals surface area contributed by atoms with Crippen LogP contribution >= 0.6 is 11.6 Å². The second-order valence-electron chi connectivity index (χ2n) is 3.19. The summed E-state index contributed by atoms with van der Waals surface area (Å²) >= 11 is 5.53. The van der Waals surface area contributed by atoms with Gasteiger partial charge in [0.15, 0.2) is 0 Å². The summed E-state index contributed by atoms with van der Waals surface area (Å²) in [6.45, 7) is 0.724. The molecule has 0 saturated carbocycles. The third-order valence-corrected chi connectivity index (χ3v) is 2.26. The number of hydrogen-bond donors (Lipinski definition) is 0. The zero-order valence-electron chi connectivity index (χ0n) is 9.15. The molecule has 0 atom stereocenters. The molecule has 0 spiro atoms. The Labute approximate surface area is 100 Å². The van der Waals surface area contributed by atoms with Gasteiger partial charge in [-0.05, 0) is 24.1 Å². The Hall–Kier alpha value is -1.35. The molecule has 1 aromatic rings. The summed E-state index contributed by atoms with van der Waals surface area (Å²) in [5, 5.41) is 0. The van der Waals surface area contributed by atoms with E-state index in [-0.39, 0.29) is 5.97 Å². The SMILES string of the molecule is COC(=O)c1ccc(C=NCCCCl)cc1. The summed E-state index contributed by atoms with van der Waals surface area (Å²) in [7, 11) is 1.36. The lowest BCUT2D eigenvalue weighted by atomic mass is 10.1. The highest BCUT2D eigenvalue weighted by Gasteiger charge is 2.02. The molecule has 86 valence electrons. The van der Waals surface area contributed by atoms with E-state index in [9.17, 15) is 4.79 Å². The molecule has 16 heavy (non-hydrogen) atoms. The van der Waals surface area contributed by atoms with Gasteiger partial charge in [-0.1, -0.05) is 12.1 Å². The van der Waals surface area contributed by atoms with Gasteiger partial charge in [-0.25, -0.2) is 4.79 Å². The molecule has 0 aliphatic heterocycles. The Balaban J connectivity index is 2.57. The third kappa shape index (κ3) is 4.03. The molecule has 0 unspecified atom stereocenters. The fraction of sp³-hybridized carbons (Fsp3) is 0.333. The molecule has 0 heterocycles. The first-order valence-corrected chi connectivity index (χ1v) is 5.55. The van der Waals surface area contributed by atoms with E-state index in [1.807, 2.05) is 12.1 Å². The van der Waals surface area contributed by atoms with Gasteiger partial charge in [-0.2, -0.15) is 0 Å². The summed E-state index contributed by atoms with van der Waals surface area (Å²) in [5.41, 5.74) is 1.50. The first kappa shape index (κ1) is 12.7. The number of nitrogens with zero attached hydrogens (tertiary/aromatic N) is 1. The molecule has 0 bridgehead atoms. The van der Waals surface area contributed by atoms with Gasteiger partial charge >= 0.3 is 5.97 Å². The molecule has 0 fully saturated rings. The molecule has 0 aliphatic carbocycles. The van der Waals surface area contributed by atoms with Crippen molar-refractivity contribution >= 4 is 23.8 Å². The molecule has 0 amide bonds. The average molecular weight is 240 g/mol. The monoisotopic (exact) mass is 239 g/mol. The van der Waals surface area contributed by atoms with Crippen LogP contribution < -0.4 is 0 Å². The highest BCUT2D eigenvalue weighted by Crippen LogP contribution is 2.04. The van der Waals surface area contributed by atoms with E-state index in [4.69, 9.17) is 11.6 Å². The standard InChI is InChI=1S/C12H14ClNO2/c1-16-12(15)11-5-3-10(4-6-11)9-14-8-2-7-13/h3-6,9H,2,7-8H2,1H3. The van der Waals surface area contributed by atoms with Crippen LogP contribution in [-0.2, 0) is 4.74 Å². The van der Waals surface area contributed by atoms with Crippen LogP contribution in [0.5, 0.6) is 0 Å². The zero-order chi connectivity index (χ0) is 11.8. The van der Waals surface area contributed by atoms with Crippen molar-refractivity contribution < 1.29 is 9.53 Å². The van der Waals surface area contributed by atoms with Crippen LogP contribution in [0.1, 0.15) is 22.3 Å². The first-order valence-electron chi connectivity index (χ1n) is 5.02. The van der Waals surface area contributed by atoms with E-state index in [0.717, 1.165) is 18.5 Å². The smallest absolute Gasteiger partial charge is 0.337 e. The van der Waals surface area contributed by atoms with Crippen LogP contribution in [-0.4, -0.2) is 31.7 Å². The maximum Gasteiger partial charge on any atom is 0.337 e. The first-order chi connectivity index (χ1) is 7.77. The normalized spacial score (nSPS) is 10.6. The summed E-state index contributed by atoms with van der Waals surface area (Å²) < 4.78 is 4.60. The summed E-state index contributed by atoms with van der Waals surface area (Å²) in [6.07, 6.45) is 2.64. The van der Waals surface area contributed by atoms with E-state index in [2.05, 4.69) is 9.73 Å². The van der Waals surface area contributed by atoms with Crippen LogP contribution in [0.15, 0.2) is 29.3 Å². The van der Waals surface area contributed by atoms with Gasteiger partial charge in [0.05, 0.1) is 12.7 Å². The lowest BCUT2D eigenvalue weighted by Gasteiger charge is -1.98. The van der Waals surface area contributed by atoms with Crippen LogP contribution in [0.25, 0.3) is 0 Å². The number of methoxy groups -OCH3 is 1. The Bertz CT molecular complexity index is 360. The highest BCUT2D eigenvalue weighted by molar-refractivity contribution is 6.17. The highest BCUT2D eigenvalue weighted by atomic mass is 35.5. The van der Waals surface area contributed by atoms with Crippen LogP contribution in [0.2, 0.25) is 0 Å². The number of hydrogen-bond acceptors (Lipinski definition) is 3. The van der Waals surface area contributed by atoms with E-state index < -0.39 is 0 Å². The quantitative estimate of drug-likeness (QED) is 0.343. The molecule has 0 N–H and O–H groups in total. The molecule has 1 aromatic carbocycles. The lowest BCUT2D eigenvalue weighted by Crippen LogP contribution is -2.00. The van der Waals surface area contributed by atoms with Gasteiger partial charge in [0.2, 0.25) is 0 Å². The van der Waals surface area contributed by atoms with Crippen molar-refractivity contribution in [3.63, 3.8) is 0 Å². The summed E-state index contributed by atoms with van der Waals surface area (Å²) in [4.78, 5) is 15.4. The Morgan fingerprint density at radius 2 is 2.12 bits per heavy atom. The molecule has 0 aromatic heterocycles. The molecule has 0 radical (unpaired) electrons. The Morgan fingerprint density at radius 3 is 2.69 bits per heavy atom. The van der Waals surface area contributed by atoms with E-state index in [1.54, 1.807) is 18.3 Å². The fourth-order valence-electron chi connectivity index (χ4n) is 1.14. The second kappa shape index (κ2) is 7.01. The van der Waals surface area contributed by atoms with Crippen molar-refractivity contribution in [2.75, 3.05) is 19.5 Å². The van der Waals surface area contributed by atoms with Gasteiger partial charge in [0.1, 0.15) is 0 Å². The maximum absolute atomic E-state index is 11.2. The summed E-state index contributed by atoms with van der Waals surface area (Å²) in [5.74, 6) is 0.296. The van der Waals surface area contributed by atoms with Crippen LogP contribution in [0.3, 0.4) is 0 Å². The Morgan fingerprint density at radius 1 is 1.44 bits per heavy atom. The number of carbonyl (C=O) groups is 1. The zero-order valence-corrected chi connectivity index (χ0v) is 9.91. The van der Waals surface area contributed by atoms with Gasteiger partial charge < -0.3 is 4.74 Å². The van der Waals surface area contributed by atoms with Crippen molar-refractivity contribution in [2.24, 2.45) is 4.99 Å². The number of benzene rings is 1. The minimum atomic E-state index is -0.328. The predicted molar refractivity (Wildman–Crippen MR) is 65.6 cm³/mol. The van der Waals surface area contributed by atoms with Gasteiger partial charge in [0, 0.05) is 18.6 Å². The minimum absolute atomic E-state index is 0.328. The van der Waals surface area contributed by atoms with Gasteiger partial charge in [0.25, 0.3) is 0 Å². The molecular formula is C12H14ClNO2. The average Bonchev–Trinajstić information content (AvgIpc) is 2.34. The van der Waals surface area contributed by atoms with E-state index >= 15 is 0 Å². The minimum Gasteiger partial charge on any atom is -0.465 e. The third-order valence-electron chi connectivity index (χ3n) is 1.99. The van der Waals surface area contributed by atoms with Gasteiger partial charge in [-0.15, -0.1) is 11.6 Å². The molecule has 1 rings (SSSR count). The number of esters is 1. The van der Waals surface area contributed by atoms with Crippen molar-refractivity contribution in [3.8, 4) is 0 Å². The lowest BCUT2D eigenvalue weighted by molar-refractivity contribution is 0.0601. The number of ether oxygens (including phenoxy) is 1. The van der Waals surface area contributed by atoms with Crippen molar-refractivity contribution in [2.45, 2.75) is 6.42 Å². The second-order valence-corrected chi connectivity index (χ2v) is 3.57. The van der Waals surface area contributed by atoms with Crippen molar-refractivity contribution in [1.82, 2.24) is 0 Å². The van der Waals surface area contributed by atoms with Crippen LogP contribution in [0.4, 0.5) is 0 Å². The van der Waals surface area contributed by atoms with E-state index in [1.165, 1.54) is 7.11 Å². The molecule has 3 nitrogen and oxygen atoms in total. The topological polar surface area (TPSA) is 38.7 Å². The number of aliphatic imine (C=N–C) groups is 1. The number of rotatable bonds is 5. The van der Waals surface area contributed by atoms with Crippen LogP contribution in [0, 0.1) is 0 Å². The molecule has 4 heteroatoms. The van der Waals surface area contributed by atoms with Crippen molar-refractivity contribution in [1.29, 1.82) is 0 Å². The predicted octanol–water partition coefficient (Wildman–Crippen LogP) is 2.52. The van der Waals surface area contributed by atoms with Gasteiger partial charge in [-0.3, -0.25) is 4.99 Å². The molecule has 0 saturated heterocycles. The fourth-order valence-corrected chi connectivity index (χ4v) is 1.26. The van der Waals surface area contributed by atoms with Crippen molar-refractivity contribution in [3.05, 3.63) is 35.4 Å². The Kier molecular flexibility index (Phi) is 5.57. The summed E-state index contributed by atoms with van der Waals surface area (Å²) in [6, 6.07) is 7.09.